The van der Waals surface area contributed by atoms with Crippen LogP contribution in [0.25, 0.3) is 5.57 Å². The Bertz CT molecular complexity index is 350. The summed E-state index contributed by atoms with van der Waals surface area (Å²) in [6.45, 7) is 2.01. The molecule has 0 amide bonds. The lowest BCUT2D eigenvalue weighted by Gasteiger charge is -2.05. The van der Waals surface area contributed by atoms with Crippen molar-refractivity contribution in [2.45, 2.75) is 13.3 Å². The second kappa shape index (κ2) is 5.37. The lowest BCUT2D eigenvalue weighted by molar-refractivity contribution is 1.25. The normalized spacial score (nSPS) is 11.8. The van der Waals surface area contributed by atoms with Gasteiger partial charge in [0, 0.05) is 17.1 Å². The average Bonchev–Trinajstić information content (AvgIpc) is 2.18. The molecular weight excluding hydrogens is 263 g/mol. The van der Waals surface area contributed by atoms with Gasteiger partial charge in [-0.05, 0) is 25.0 Å². The van der Waals surface area contributed by atoms with Gasteiger partial charge in [0.15, 0.2) is 0 Å². The number of halogens is 2. The highest BCUT2D eigenvalue weighted by Crippen LogP contribution is 2.22. The van der Waals surface area contributed by atoms with Crippen molar-refractivity contribution in [1.29, 1.82) is 0 Å². The number of anilines is 1. The van der Waals surface area contributed by atoms with E-state index in [1.807, 2.05) is 13.0 Å². The largest absolute Gasteiger partial charge is 0.383 e. The molecule has 0 aliphatic rings. The molecule has 0 aliphatic heterocycles. The van der Waals surface area contributed by atoms with Gasteiger partial charge in [-0.25, -0.2) is 4.98 Å². The molecule has 14 heavy (non-hydrogen) atoms. The van der Waals surface area contributed by atoms with Crippen molar-refractivity contribution in [3.05, 3.63) is 28.9 Å². The van der Waals surface area contributed by atoms with Crippen molar-refractivity contribution in [3.63, 3.8) is 0 Å². The Balaban J connectivity index is 2.99. The van der Waals surface area contributed by atoms with Gasteiger partial charge in [-0.2, -0.15) is 0 Å². The van der Waals surface area contributed by atoms with Crippen molar-refractivity contribution in [2.75, 3.05) is 11.1 Å². The number of nitrogen functional groups attached to an aromatic ring is 1. The van der Waals surface area contributed by atoms with Crippen LogP contribution in [0.3, 0.4) is 0 Å². The highest BCUT2D eigenvalue weighted by Gasteiger charge is 2.02. The maximum atomic E-state index is 5.84. The minimum atomic E-state index is 0.526. The van der Waals surface area contributed by atoms with Crippen molar-refractivity contribution in [3.8, 4) is 0 Å². The van der Waals surface area contributed by atoms with Gasteiger partial charge in [-0.1, -0.05) is 33.6 Å². The van der Waals surface area contributed by atoms with Gasteiger partial charge in [0.25, 0.3) is 0 Å². The molecule has 1 heterocycles. The van der Waals surface area contributed by atoms with Crippen molar-refractivity contribution in [2.24, 2.45) is 0 Å². The number of pyridine rings is 1. The Labute approximate surface area is 97.3 Å². The van der Waals surface area contributed by atoms with E-state index in [9.17, 15) is 0 Å². The fourth-order valence-electron chi connectivity index (χ4n) is 1.15. The number of nitrogens with zero attached hydrogens (tertiary/aromatic N) is 1. The van der Waals surface area contributed by atoms with Gasteiger partial charge >= 0.3 is 0 Å². The number of aromatic nitrogens is 1. The summed E-state index contributed by atoms with van der Waals surface area (Å²) < 4.78 is 0. The lowest BCUT2D eigenvalue weighted by atomic mass is 10.1. The van der Waals surface area contributed by atoms with Crippen LogP contribution in [0.15, 0.2) is 18.3 Å². The number of hydrogen-bond acceptors (Lipinski definition) is 2. The molecule has 4 heteroatoms. The summed E-state index contributed by atoms with van der Waals surface area (Å²) in [7, 11) is 0. The van der Waals surface area contributed by atoms with E-state index in [4.69, 9.17) is 17.3 Å². The second-order valence-corrected chi connectivity index (χ2v) is 4.18. The Morgan fingerprint density at radius 3 is 3.07 bits per heavy atom. The molecule has 0 aromatic carbocycles. The molecule has 0 aliphatic carbocycles. The van der Waals surface area contributed by atoms with Crippen molar-refractivity contribution >= 4 is 38.9 Å². The van der Waals surface area contributed by atoms with Gasteiger partial charge < -0.3 is 5.73 Å². The molecule has 0 radical (unpaired) electrons. The molecule has 0 unspecified atom stereocenters. The quantitative estimate of drug-likeness (QED) is 0.858. The van der Waals surface area contributed by atoms with E-state index >= 15 is 0 Å². The van der Waals surface area contributed by atoms with Gasteiger partial charge in [0.05, 0.1) is 5.02 Å². The molecule has 0 fully saturated rings. The molecule has 2 N–H and O–H groups in total. The molecule has 0 saturated carbocycles. The first-order valence-corrected chi connectivity index (χ1v) is 5.79. The SMILES string of the molecule is CC(=CCCBr)c1cc(Cl)cnc1N. The monoisotopic (exact) mass is 274 g/mol. The zero-order valence-electron chi connectivity index (χ0n) is 7.93. The third kappa shape index (κ3) is 3.00. The van der Waals surface area contributed by atoms with Crippen LogP contribution in [0.2, 0.25) is 5.02 Å². The topological polar surface area (TPSA) is 38.9 Å². The summed E-state index contributed by atoms with van der Waals surface area (Å²) in [6.07, 6.45) is 4.63. The predicted octanol–water partition coefficient (Wildman–Crippen LogP) is 3.51. The smallest absolute Gasteiger partial charge is 0.130 e. The van der Waals surface area contributed by atoms with E-state index < -0.39 is 0 Å². The number of rotatable bonds is 3. The molecule has 0 spiro atoms. The highest BCUT2D eigenvalue weighted by atomic mass is 79.9. The lowest BCUT2D eigenvalue weighted by Crippen LogP contribution is -1.95. The summed E-state index contributed by atoms with van der Waals surface area (Å²) in [4.78, 5) is 4.00. The predicted molar refractivity (Wildman–Crippen MR) is 65.7 cm³/mol. The van der Waals surface area contributed by atoms with Gasteiger partial charge in [-0.3, -0.25) is 0 Å². The first-order chi connectivity index (χ1) is 6.65. The van der Waals surface area contributed by atoms with E-state index in [-0.39, 0.29) is 0 Å². The molecule has 1 aromatic heterocycles. The maximum Gasteiger partial charge on any atom is 0.130 e. The van der Waals surface area contributed by atoms with Gasteiger partial charge in [0.1, 0.15) is 5.82 Å². The summed E-state index contributed by atoms with van der Waals surface area (Å²) in [5.74, 6) is 0.526. The van der Waals surface area contributed by atoms with E-state index in [0.29, 0.717) is 10.8 Å². The van der Waals surface area contributed by atoms with Crippen LogP contribution in [-0.2, 0) is 0 Å². The fourth-order valence-corrected chi connectivity index (χ4v) is 1.53. The van der Waals surface area contributed by atoms with Gasteiger partial charge in [0.2, 0.25) is 0 Å². The van der Waals surface area contributed by atoms with E-state index in [0.717, 1.165) is 22.9 Å². The number of alkyl halides is 1. The molecule has 76 valence electrons. The third-order valence-corrected chi connectivity index (χ3v) is 2.53. The van der Waals surface area contributed by atoms with E-state index in [1.54, 1.807) is 6.20 Å². The average molecular weight is 276 g/mol. The Morgan fingerprint density at radius 1 is 1.71 bits per heavy atom. The van der Waals surface area contributed by atoms with Crippen LogP contribution < -0.4 is 5.73 Å². The zero-order chi connectivity index (χ0) is 10.6. The summed E-state index contributed by atoms with van der Waals surface area (Å²) >= 11 is 9.21. The molecule has 0 saturated heterocycles. The summed E-state index contributed by atoms with van der Waals surface area (Å²) in [5.41, 5.74) is 7.76. The maximum absolute atomic E-state index is 5.84. The highest BCUT2D eigenvalue weighted by molar-refractivity contribution is 9.09. The standard InChI is InChI=1S/C10H12BrClN2/c1-7(3-2-4-11)9-5-8(12)6-14-10(9)13/h3,5-6H,2,4H2,1H3,(H2,13,14). The Kier molecular flexibility index (Phi) is 4.42. The number of allylic oxidation sites excluding steroid dienone is 2. The Hall–Kier alpha value is -0.540. The van der Waals surface area contributed by atoms with Crippen LogP contribution in [0, 0.1) is 0 Å². The molecule has 0 atom stereocenters. The second-order valence-electron chi connectivity index (χ2n) is 2.95. The molecule has 2 nitrogen and oxygen atoms in total. The first-order valence-electron chi connectivity index (χ1n) is 4.29. The van der Waals surface area contributed by atoms with Gasteiger partial charge in [-0.15, -0.1) is 0 Å². The van der Waals surface area contributed by atoms with Crippen LogP contribution in [0.4, 0.5) is 5.82 Å². The van der Waals surface area contributed by atoms with Crippen LogP contribution >= 0.6 is 27.5 Å². The summed E-state index contributed by atoms with van der Waals surface area (Å²) in [6, 6.07) is 1.84. The first kappa shape index (κ1) is 11.5. The van der Waals surface area contributed by atoms with E-state index in [2.05, 4.69) is 27.0 Å². The van der Waals surface area contributed by atoms with E-state index in [1.165, 1.54) is 0 Å². The van der Waals surface area contributed by atoms with Crippen LogP contribution in [-0.4, -0.2) is 10.3 Å². The molecule has 0 bridgehead atoms. The van der Waals surface area contributed by atoms with Crippen molar-refractivity contribution < 1.29 is 0 Å². The fraction of sp³-hybridized carbons (Fsp3) is 0.300. The molecule has 1 aromatic rings. The Morgan fingerprint density at radius 2 is 2.43 bits per heavy atom. The van der Waals surface area contributed by atoms with Crippen molar-refractivity contribution in [1.82, 2.24) is 4.98 Å². The zero-order valence-corrected chi connectivity index (χ0v) is 10.3. The van der Waals surface area contributed by atoms with Crippen LogP contribution in [0.5, 0.6) is 0 Å². The number of hydrogen-bond donors (Lipinski definition) is 1. The molecular formula is C10H12BrClN2. The number of nitrogens with two attached hydrogens (primary N) is 1. The summed E-state index contributed by atoms with van der Waals surface area (Å²) in [5, 5.41) is 1.55. The third-order valence-electron chi connectivity index (χ3n) is 1.87. The van der Waals surface area contributed by atoms with Crippen LogP contribution in [0.1, 0.15) is 18.9 Å². The minimum Gasteiger partial charge on any atom is -0.383 e. The minimum absolute atomic E-state index is 0.526. The molecule has 1 rings (SSSR count).